The van der Waals surface area contributed by atoms with E-state index in [-0.39, 0.29) is 18.3 Å². The van der Waals surface area contributed by atoms with E-state index < -0.39 is 0 Å². The summed E-state index contributed by atoms with van der Waals surface area (Å²) in [5.41, 5.74) is 1.14. The molecule has 2 aromatic rings. The summed E-state index contributed by atoms with van der Waals surface area (Å²) < 4.78 is 5.24. The zero-order valence-electron chi connectivity index (χ0n) is 13.3. The molecule has 1 aliphatic rings. The summed E-state index contributed by atoms with van der Waals surface area (Å²) in [6.07, 6.45) is 3.43. The molecule has 3 rings (SSSR count). The number of carbonyl (C=O) groups excluding carboxylic acids is 1. The van der Waals surface area contributed by atoms with Gasteiger partial charge in [-0.05, 0) is 62.5 Å². The van der Waals surface area contributed by atoms with Crippen LogP contribution in [0.3, 0.4) is 0 Å². The van der Waals surface area contributed by atoms with Crippen LogP contribution in [-0.4, -0.2) is 30.7 Å². The van der Waals surface area contributed by atoms with Crippen LogP contribution in [0.5, 0.6) is 0 Å². The molecular weight excluding hydrogens is 349 g/mol. The second kappa shape index (κ2) is 9.06. The topological polar surface area (TPSA) is 67.2 Å². The fraction of sp³-hybridized carbons (Fsp3) is 0.412. The molecule has 1 aliphatic heterocycles. The van der Waals surface area contributed by atoms with Crippen molar-refractivity contribution >= 4 is 29.9 Å². The molecule has 1 fully saturated rings. The smallest absolute Gasteiger partial charge is 0.273 e. The number of carbonyl (C=O) groups is 1. The molecule has 5 nitrogen and oxygen atoms in total. The van der Waals surface area contributed by atoms with E-state index in [0.717, 1.165) is 25.1 Å². The maximum atomic E-state index is 12.1. The third-order valence-corrected chi connectivity index (χ3v) is 4.36. The third-order valence-electron chi connectivity index (χ3n) is 4.11. The lowest BCUT2D eigenvalue weighted by Gasteiger charge is -2.22. The van der Waals surface area contributed by atoms with Crippen molar-refractivity contribution in [2.75, 3.05) is 19.6 Å². The average molecular weight is 370 g/mol. The largest absolute Gasteiger partial charge is 0.355 e. The first-order valence-electron chi connectivity index (χ1n) is 7.94. The van der Waals surface area contributed by atoms with Crippen LogP contribution in [0.15, 0.2) is 34.9 Å². The highest BCUT2D eigenvalue weighted by atomic mass is 35.5. The van der Waals surface area contributed by atoms with Crippen LogP contribution < -0.4 is 10.6 Å². The molecule has 1 unspecified atom stereocenters. The number of halogens is 2. The van der Waals surface area contributed by atoms with Gasteiger partial charge in [0.1, 0.15) is 0 Å². The second-order valence-electron chi connectivity index (χ2n) is 5.84. The fourth-order valence-electron chi connectivity index (χ4n) is 2.78. The minimum Gasteiger partial charge on any atom is -0.355 e. The normalized spacial score (nSPS) is 17.1. The van der Waals surface area contributed by atoms with Crippen LogP contribution in [-0.2, 0) is 0 Å². The Hall–Kier alpha value is -1.56. The highest BCUT2D eigenvalue weighted by Gasteiger charge is 2.16. The summed E-state index contributed by atoms with van der Waals surface area (Å²) in [5.74, 6) is 1.01. The quantitative estimate of drug-likeness (QED) is 0.845. The molecule has 0 spiro atoms. The molecule has 0 radical (unpaired) electrons. The first kappa shape index (κ1) is 18.8. The highest BCUT2D eigenvalue weighted by Crippen LogP contribution is 2.22. The molecule has 1 aromatic carbocycles. The molecule has 1 saturated heterocycles. The lowest BCUT2D eigenvalue weighted by Crippen LogP contribution is -2.33. The number of amides is 1. The zero-order valence-corrected chi connectivity index (χ0v) is 14.8. The first-order chi connectivity index (χ1) is 11.2. The van der Waals surface area contributed by atoms with Gasteiger partial charge < -0.3 is 15.2 Å². The number of aromatic nitrogens is 1. The van der Waals surface area contributed by atoms with Gasteiger partial charge in [0.15, 0.2) is 11.5 Å². The van der Waals surface area contributed by atoms with Gasteiger partial charge in [0.25, 0.3) is 5.91 Å². The Morgan fingerprint density at radius 1 is 1.38 bits per heavy atom. The number of piperidine rings is 1. The molecule has 1 atom stereocenters. The fourth-order valence-corrected chi connectivity index (χ4v) is 2.91. The number of hydrogen-bond donors (Lipinski definition) is 2. The molecule has 24 heavy (non-hydrogen) atoms. The van der Waals surface area contributed by atoms with Gasteiger partial charge in [-0.3, -0.25) is 4.79 Å². The Labute approximate surface area is 152 Å². The number of nitrogens with zero attached hydrogens (tertiary/aromatic N) is 1. The van der Waals surface area contributed by atoms with Crippen LogP contribution in [0.25, 0.3) is 11.3 Å². The van der Waals surface area contributed by atoms with Crippen molar-refractivity contribution < 1.29 is 9.32 Å². The number of benzene rings is 1. The third kappa shape index (κ3) is 4.97. The number of rotatable bonds is 5. The standard InChI is InChI=1S/C17H20ClN3O2.ClH/c18-14-5-3-13(4-6-14)16-10-15(21-23-16)17(22)20-9-7-12-2-1-8-19-11-12;/h3-6,10,12,19H,1-2,7-9,11H2,(H,20,22);1H. The number of hydrogen-bond acceptors (Lipinski definition) is 4. The van der Waals surface area contributed by atoms with E-state index in [1.807, 2.05) is 12.1 Å². The summed E-state index contributed by atoms with van der Waals surface area (Å²) in [4.78, 5) is 12.1. The molecule has 1 amide bonds. The van der Waals surface area contributed by atoms with Gasteiger partial charge in [0.2, 0.25) is 0 Å². The summed E-state index contributed by atoms with van der Waals surface area (Å²) in [5, 5.41) is 10.8. The zero-order chi connectivity index (χ0) is 16.1. The molecule has 1 aromatic heterocycles. The minimum atomic E-state index is -0.197. The summed E-state index contributed by atoms with van der Waals surface area (Å²) in [6.45, 7) is 2.81. The molecule has 0 saturated carbocycles. The maximum absolute atomic E-state index is 12.1. The molecule has 0 bridgehead atoms. The summed E-state index contributed by atoms with van der Waals surface area (Å²) in [7, 11) is 0. The summed E-state index contributed by atoms with van der Waals surface area (Å²) in [6, 6.07) is 8.87. The van der Waals surface area contributed by atoms with Gasteiger partial charge in [0.05, 0.1) is 0 Å². The molecule has 0 aliphatic carbocycles. The van der Waals surface area contributed by atoms with Crippen molar-refractivity contribution in [3.8, 4) is 11.3 Å². The van der Waals surface area contributed by atoms with E-state index in [1.54, 1.807) is 18.2 Å². The average Bonchev–Trinajstić information content (AvgIpc) is 3.06. The molecular formula is C17H21Cl2N3O2. The van der Waals surface area contributed by atoms with E-state index in [2.05, 4.69) is 15.8 Å². The lowest BCUT2D eigenvalue weighted by atomic mass is 9.96. The van der Waals surface area contributed by atoms with Gasteiger partial charge >= 0.3 is 0 Å². The van der Waals surface area contributed by atoms with Gasteiger partial charge in [-0.1, -0.05) is 16.8 Å². The van der Waals surface area contributed by atoms with Crippen molar-refractivity contribution in [2.24, 2.45) is 5.92 Å². The van der Waals surface area contributed by atoms with Crippen molar-refractivity contribution in [1.82, 2.24) is 15.8 Å². The Bertz CT molecular complexity index is 652. The Kier molecular flexibility index (Phi) is 7.09. The summed E-state index contributed by atoms with van der Waals surface area (Å²) >= 11 is 5.86. The minimum absolute atomic E-state index is 0. The van der Waals surface area contributed by atoms with E-state index >= 15 is 0 Å². The number of nitrogens with one attached hydrogen (secondary N) is 2. The van der Waals surface area contributed by atoms with E-state index in [4.69, 9.17) is 16.1 Å². The second-order valence-corrected chi connectivity index (χ2v) is 6.28. The Morgan fingerprint density at radius 3 is 2.88 bits per heavy atom. The van der Waals surface area contributed by atoms with Gasteiger partial charge in [-0.15, -0.1) is 12.4 Å². The van der Waals surface area contributed by atoms with Crippen LogP contribution in [0, 0.1) is 5.92 Å². The van der Waals surface area contributed by atoms with E-state index in [9.17, 15) is 4.79 Å². The van der Waals surface area contributed by atoms with Crippen LogP contribution in [0.4, 0.5) is 0 Å². The van der Waals surface area contributed by atoms with Crippen LogP contribution in [0.1, 0.15) is 29.8 Å². The predicted octanol–water partition coefficient (Wildman–Crippen LogP) is 3.54. The molecule has 7 heteroatoms. The lowest BCUT2D eigenvalue weighted by molar-refractivity contribution is 0.0941. The van der Waals surface area contributed by atoms with Crippen LogP contribution in [0.2, 0.25) is 5.02 Å². The predicted molar refractivity (Wildman–Crippen MR) is 96.7 cm³/mol. The van der Waals surface area contributed by atoms with Gasteiger partial charge in [-0.2, -0.15) is 0 Å². The molecule has 2 heterocycles. The first-order valence-corrected chi connectivity index (χ1v) is 8.32. The van der Waals surface area contributed by atoms with Crippen LogP contribution >= 0.6 is 24.0 Å². The highest BCUT2D eigenvalue weighted by molar-refractivity contribution is 6.30. The van der Waals surface area contributed by atoms with Gasteiger partial charge in [-0.25, -0.2) is 0 Å². The Balaban J connectivity index is 0.00000208. The molecule has 130 valence electrons. The Morgan fingerprint density at radius 2 is 2.17 bits per heavy atom. The van der Waals surface area contributed by atoms with E-state index in [0.29, 0.717) is 28.9 Å². The monoisotopic (exact) mass is 369 g/mol. The van der Waals surface area contributed by atoms with Crippen molar-refractivity contribution in [3.63, 3.8) is 0 Å². The SMILES string of the molecule is Cl.O=C(NCCC1CCCNC1)c1cc(-c2ccc(Cl)cc2)on1. The van der Waals surface area contributed by atoms with E-state index in [1.165, 1.54) is 12.8 Å². The maximum Gasteiger partial charge on any atom is 0.273 e. The van der Waals surface area contributed by atoms with Crippen molar-refractivity contribution in [1.29, 1.82) is 0 Å². The van der Waals surface area contributed by atoms with Crippen molar-refractivity contribution in [3.05, 3.63) is 41.0 Å². The molecule has 2 N–H and O–H groups in total. The van der Waals surface area contributed by atoms with Crippen molar-refractivity contribution in [2.45, 2.75) is 19.3 Å². The van der Waals surface area contributed by atoms with Gasteiger partial charge in [0, 0.05) is 23.2 Å².